The van der Waals surface area contributed by atoms with Gasteiger partial charge in [-0.05, 0) is 66.9 Å². The molecule has 0 spiro atoms. The molecular formula is C32H37N5O7S2. The minimum atomic E-state index is -4.14. The summed E-state index contributed by atoms with van der Waals surface area (Å²) < 4.78 is 61.5. The van der Waals surface area contributed by atoms with Crippen molar-refractivity contribution >= 4 is 38.1 Å². The van der Waals surface area contributed by atoms with Crippen molar-refractivity contribution in [2.24, 2.45) is 5.10 Å². The Bertz CT molecular complexity index is 1730. The van der Waals surface area contributed by atoms with Crippen molar-refractivity contribution < 1.29 is 31.2 Å². The van der Waals surface area contributed by atoms with Crippen LogP contribution in [0.2, 0.25) is 0 Å². The van der Waals surface area contributed by atoms with Crippen LogP contribution in [0.5, 0.6) is 5.75 Å². The van der Waals surface area contributed by atoms with E-state index < -0.39 is 38.5 Å². The highest BCUT2D eigenvalue weighted by molar-refractivity contribution is 7.89. The third kappa shape index (κ3) is 8.18. The Balaban J connectivity index is 1.24. The fourth-order valence-electron chi connectivity index (χ4n) is 5.49. The molecule has 1 aliphatic heterocycles. The van der Waals surface area contributed by atoms with E-state index in [2.05, 4.69) is 15.8 Å². The lowest BCUT2D eigenvalue weighted by atomic mass is 9.95. The second kappa shape index (κ2) is 15.0. The van der Waals surface area contributed by atoms with E-state index in [9.17, 15) is 26.4 Å². The zero-order valence-corrected chi connectivity index (χ0v) is 26.8. The van der Waals surface area contributed by atoms with Crippen molar-refractivity contribution in [2.45, 2.75) is 54.0 Å². The third-order valence-electron chi connectivity index (χ3n) is 7.94. The van der Waals surface area contributed by atoms with Crippen molar-refractivity contribution in [3.63, 3.8) is 0 Å². The lowest BCUT2D eigenvalue weighted by Crippen LogP contribution is -2.60. The highest BCUT2D eigenvalue weighted by Crippen LogP contribution is 2.25. The topological polar surface area (TPSA) is 155 Å². The van der Waals surface area contributed by atoms with Gasteiger partial charge < -0.3 is 10.1 Å². The summed E-state index contributed by atoms with van der Waals surface area (Å²) in [6.07, 6.45) is 6.79. The lowest BCUT2D eigenvalue weighted by Gasteiger charge is -2.38. The van der Waals surface area contributed by atoms with Crippen LogP contribution in [0.1, 0.15) is 37.7 Å². The SMILES string of the molecule is O=C(COc1ccc(/C=N\NC(=O)[C@H]2CN(S(=O)(=O)c3ccccc3)CCN2S(=O)(=O)c2ccccc2)cc1)NC1CCCCC1. The van der Waals surface area contributed by atoms with E-state index >= 15 is 0 Å². The Hall–Kier alpha value is -4.11. The van der Waals surface area contributed by atoms with Crippen LogP contribution in [0.15, 0.2) is 99.8 Å². The zero-order chi connectivity index (χ0) is 32.6. The van der Waals surface area contributed by atoms with Gasteiger partial charge in [0.05, 0.1) is 16.0 Å². The molecule has 0 aromatic heterocycles. The highest BCUT2D eigenvalue weighted by Gasteiger charge is 2.43. The summed E-state index contributed by atoms with van der Waals surface area (Å²) in [7, 11) is -8.13. The van der Waals surface area contributed by atoms with E-state index in [0.29, 0.717) is 11.3 Å². The summed E-state index contributed by atoms with van der Waals surface area (Å²) in [6, 6.07) is 21.0. The first kappa shape index (κ1) is 33.3. The van der Waals surface area contributed by atoms with E-state index in [1.165, 1.54) is 36.9 Å². The van der Waals surface area contributed by atoms with Crippen LogP contribution in [0.3, 0.4) is 0 Å². The highest BCUT2D eigenvalue weighted by atomic mass is 32.2. The number of nitrogens with one attached hydrogen (secondary N) is 2. The second-order valence-electron chi connectivity index (χ2n) is 11.1. The first-order valence-electron chi connectivity index (χ1n) is 15.1. The molecule has 46 heavy (non-hydrogen) atoms. The van der Waals surface area contributed by atoms with E-state index in [4.69, 9.17) is 4.74 Å². The number of piperazine rings is 1. The summed E-state index contributed by atoms with van der Waals surface area (Å²) in [4.78, 5) is 25.7. The number of rotatable bonds is 11. The maximum Gasteiger partial charge on any atom is 0.259 e. The molecule has 2 N–H and O–H groups in total. The van der Waals surface area contributed by atoms with E-state index in [1.54, 1.807) is 60.7 Å². The van der Waals surface area contributed by atoms with Crippen LogP contribution >= 0.6 is 0 Å². The predicted molar refractivity (Wildman–Crippen MR) is 172 cm³/mol. The van der Waals surface area contributed by atoms with Gasteiger partial charge in [-0.3, -0.25) is 9.59 Å². The van der Waals surface area contributed by atoms with Crippen LogP contribution < -0.4 is 15.5 Å². The number of hydrazone groups is 1. The minimum absolute atomic E-state index is 0.00977. The van der Waals surface area contributed by atoms with Crippen LogP contribution in [0, 0.1) is 0 Å². The van der Waals surface area contributed by atoms with Gasteiger partial charge in [0.2, 0.25) is 20.0 Å². The Kier molecular flexibility index (Phi) is 10.8. The molecule has 3 aromatic carbocycles. The van der Waals surface area contributed by atoms with Crippen molar-refractivity contribution in [3.05, 3.63) is 90.5 Å². The van der Waals surface area contributed by atoms with Crippen LogP contribution in [0.4, 0.5) is 0 Å². The van der Waals surface area contributed by atoms with Crippen molar-refractivity contribution in [1.82, 2.24) is 19.4 Å². The van der Waals surface area contributed by atoms with Gasteiger partial charge in [0, 0.05) is 25.7 Å². The molecule has 1 saturated carbocycles. The van der Waals surface area contributed by atoms with Crippen molar-refractivity contribution in [1.29, 1.82) is 0 Å². The average Bonchev–Trinajstić information content (AvgIpc) is 3.09. The summed E-state index contributed by atoms with van der Waals surface area (Å²) in [5, 5.41) is 7.01. The number of sulfonamides is 2. The molecule has 1 atom stereocenters. The Labute approximate surface area is 269 Å². The standard InChI is InChI=1S/C32H37N5O7S2/c38-31(34-26-10-4-1-5-11-26)24-44-27-18-16-25(17-19-27)22-33-35-32(39)30-23-36(45(40,41)28-12-6-2-7-13-28)20-21-37(30)46(42,43)29-14-8-3-9-15-29/h2-3,6-9,12-19,22,26,30H,1,4-5,10-11,20-21,23-24H2,(H,34,38)(H,35,39)/b33-22-/t30-/m1/s1. The molecule has 0 unspecified atom stereocenters. The zero-order valence-electron chi connectivity index (χ0n) is 25.2. The molecular weight excluding hydrogens is 631 g/mol. The number of carbonyl (C=O) groups is 2. The van der Waals surface area contributed by atoms with Crippen molar-refractivity contribution in [2.75, 3.05) is 26.2 Å². The molecule has 2 amide bonds. The number of nitrogens with zero attached hydrogens (tertiary/aromatic N) is 3. The van der Waals surface area contributed by atoms with Gasteiger partial charge in [0.25, 0.3) is 11.8 Å². The molecule has 2 aliphatic rings. The Morgan fingerprint density at radius 1 is 0.804 bits per heavy atom. The van der Waals surface area contributed by atoms with Crippen LogP contribution in [0.25, 0.3) is 0 Å². The number of carbonyl (C=O) groups excluding carboxylic acids is 2. The molecule has 12 nitrogen and oxygen atoms in total. The summed E-state index contributed by atoms with van der Waals surface area (Å²) >= 11 is 0. The quantitative estimate of drug-likeness (QED) is 0.236. The van der Waals surface area contributed by atoms with E-state index in [-0.39, 0.29) is 41.4 Å². The smallest absolute Gasteiger partial charge is 0.259 e. The molecule has 2 fully saturated rings. The lowest BCUT2D eigenvalue weighted by molar-refractivity contribution is -0.126. The van der Waals surface area contributed by atoms with Gasteiger partial charge in [-0.1, -0.05) is 55.7 Å². The molecule has 1 heterocycles. The van der Waals surface area contributed by atoms with Gasteiger partial charge in [0.1, 0.15) is 11.8 Å². The average molecular weight is 668 g/mol. The largest absolute Gasteiger partial charge is 0.484 e. The van der Waals surface area contributed by atoms with Gasteiger partial charge in [0.15, 0.2) is 6.61 Å². The monoisotopic (exact) mass is 667 g/mol. The molecule has 0 radical (unpaired) electrons. The summed E-state index contributed by atoms with van der Waals surface area (Å²) in [5.41, 5.74) is 2.98. The molecule has 1 aliphatic carbocycles. The predicted octanol–water partition coefficient (Wildman–Crippen LogP) is 2.73. The fourth-order valence-corrected chi connectivity index (χ4v) is 8.54. The van der Waals surface area contributed by atoms with E-state index in [1.807, 2.05) is 0 Å². The first-order valence-corrected chi connectivity index (χ1v) is 18.0. The minimum Gasteiger partial charge on any atom is -0.484 e. The molecule has 5 rings (SSSR count). The number of hydrogen-bond donors (Lipinski definition) is 2. The number of benzene rings is 3. The van der Waals surface area contributed by atoms with Gasteiger partial charge in [-0.15, -0.1) is 0 Å². The van der Waals surface area contributed by atoms with Crippen LogP contribution in [-0.4, -0.2) is 81.8 Å². The molecule has 14 heteroatoms. The van der Waals surface area contributed by atoms with Crippen molar-refractivity contribution in [3.8, 4) is 5.75 Å². The Morgan fingerprint density at radius 2 is 1.41 bits per heavy atom. The first-order chi connectivity index (χ1) is 22.1. The summed E-state index contributed by atoms with van der Waals surface area (Å²) in [5.74, 6) is -0.460. The Morgan fingerprint density at radius 3 is 2.04 bits per heavy atom. The molecule has 244 valence electrons. The molecule has 3 aromatic rings. The summed E-state index contributed by atoms with van der Waals surface area (Å²) in [6.45, 7) is -0.857. The molecule has 0 bridgehead atoms. The fraction of sp³-hybridized carbons (Fsp3) is 0.344. The van der Waals surface area contributed by atoms with Gasteiger partial charge in [-0.2, -0.15) is 13.7 Å². The maximum absolute atomic E-state index is 13.6. The van der Waals surface area contributed by atoms with E-state index in [0.717, 1.165) is 34.3 Å². The number of hydrogen-bond acceptors (Lipinski definition) is 8. The maximum atomic E-state index is 13.6. The third-order valence-corrected chi connectivity index (χ3v) is 11.7. The normalized spacial score (nSPS) is 18.7. The number of amides is 2. The number of ether oxygens (including phenoxy) is 1. The second-order valence-corrected chi connectivity index (χ2v) is 14.9. The molecule has 1 saturated heterocycles. The van der Waals surface area contributed by atoms with Gasteiger partial charge in [-0.25, -0.2) is 22.3 Å². The van der Waals surface area contributed by atoms with Gasteiger partial charge >= 0.3 is 0 Å². The van der Waals surface area contributed by atoms with Crippen LogP contribution in [-0.2, 0) is 29.6 Å².